The summed E-state index contributed by atoms with van der Waals surface area (Å²) in [4.78, 5) is 14.2. The summed E-state index contributed by atoms with van der Waals surface area (Å²) in [6.45, 7) is 11.3. The van der Waals surface area contributed by atoms with Gasteiger partial charge in [0.25, 0.3) is 0 Å². The van der Waals surface area contributed by atoms with Gasteiger partial charge < -0.3 is 15.0 Å². The first-order valence-electron chi connectivity index (χ1n) is 8.64. The van der Waals surface area contributed by atoms with Crippen molar-refractivity contribution in [3.8, 4) is 0 Å². The van der Waals surface area contributed by atoms with E-state index in [0.717, 1.165) is 25.0 Å². The topological polar surface area (TPSA) is 41.6 Å². The molecular formula is C19H30N2O2. The molecule has 1 saturated heterocycles. The molecule has 23 heavy (non-hydrogen) atoms. The van der Waals surface area contributed by atoms with Crippen molar-refractivity contribution in [3.63, 3.8) is 0 Å². The summed E-state index contributed by atoms with van der Waals surface area (Å²) in [5, 5.41) is 2.91. The minimum Gasteiger partial charge on any atom is -0.376 e. The van der Waals surface area contributed by atoms with Crippen LogP contribution in [0.25, 0.3) is 0 Å². The number of urea groups is 1. The van der Waals surface area contributed by atoms with Crippen molar-refractivity contribution in [1.29, 1.82) is 0 Å². The fourth-order valence-electron chi connectivity index (χ4n) is 2.85. The molecule has 1 aromatic rings. The molecule has 1 N–H and O–H groups in total. The van der Waals surface area contributed by atoms with E-state index in [-0.39, 0.29) is 17.6 Å². The summed E-state index contributed by atoms with van der Waals surface area (Å²) in [5.74, 6) is 0. The van der Waals surface area contributed by atoms with Crippen molar-refractivity contribution >= 4 is 6.03 Å². The van der Waals surface area contributed by atoms with Crippen LogP contribution in [0, 0.1) is 0 Å². The standard InChI is InChI=1S/C19H30N2O2/c1-5-20-18(22)21(14-17-7-6-12-23-17)13-15-8-10-16(11-9-15)19(2,3)4/h8-11,17H,5-7,12-14H2,1-4H3,(H,20,22). The lowest BCUT2D eigenvalue weighted by Gasteiger charge is -2.26. The Balaban J connectivity index is 2.05. The Hall–Kier alpha value is -1.55. The van der Waals surface area contributed by atoms with Crippen LogP contribution in [-0.2, 0) is 16.7 Å². The van der Waals surface area contributed by atoms with Crippen molar-refractivity contribution in [2.24, 2.45) is 0 Å². The van der Waals surface area contributed by atoms with Gasteiger partial charge in [0, 0.05) is 26.2 Å². The number of benzene rings is 1. The number of hydrogen-bond donors (Lipinski definition) is 1. The Bertz CT molecular complexity index is 499. The maximum Gasteiger partial charge on any atom is 0.317 e. The van der Waals surface area contributed by atoms with E-state index >= 15 is 0 Å². The van der Waals surface area contributed by atoms with Crippen LogP contribution < -0.4 is 5.32 Å². The summed E-state index contributed by atoms with van der Waals surface area (Å²) < 4.78 is 5.69. The zero-order valence-electron chi connectivity index (χ0n) is 14.9. The molecule has 0 saturated carbocycles. The molecular weight excluding hydrogens is 288 g/mol. The van der Waals surface area contributed by atoms with Crippen LogP contribution in [-0.4, -0.2) is 36.7 Å². The van der Waals surface area contributed by atoms with E-state index in [9.17, 15) is 4.79 Å². The van der Waals surface area contributed by atoms with Gasteiger partial charge in [-0.05, 0) is 36.3 Å². The molecule has 2 amide bonds. The third-order valence-corrected chi connectivity index (χ3v) is 4.26. The van der Waals surface area contributed by atoms with Crippen LogP contribution in [0.4, 0.5) is 4.79 Å². The fraction of sp³-hybridized carbons (Fsp3) is 0.632. The molecule has 4 heteroatoms. The first-order chi connectivity index (χ1) is 10.9. The van der Waals surface area contributed by atoms with E-state index < -0.39 is 0 Å². The van der Waals surface area contributed by atoms with E-state index in [1.807, 2.05) is 11.8 Å². The van der Waals surface area contributed by atoms with Crippen LogP contribution in [0.3, 0.4) is 0 Å². The van der Waals surface area contributed by atoms with Crippen LogP contribution >= 0.6 is 0 Å². The lowest BCUT2D eigenvalue weighted by molar-refractivity contribution is 0.0796. The number of carbonyl (C=O) groups excluding carboxylic acids is 1. The predicted octanol–water partition coefficient (Wildman–Crippen LogP) is 3.69. The van der Waals surface area contributed by atoms with Gasteiger partial charge in [0.15, 0.2) is 0 Å². The molecule has 0 aliphatic carbocycles. The number of hydrogen-bond acceptors (Lipinski definition) is 2. The Morgan fingerprint density at radius 3 is 2.52 bits per heavy atom. The number of carbonyl (C=O) groups is 1. The summed E-state index contributed by atoms with van der Waals surface area (Å²) in [6.07, 6.45) is 2.30. The Morgan fingerprint density at radius 1 is 1.30 bits per heavy atom. The second kappa shape index (κ2) is 7.82. The monoisotopic (exact) mass is 318 g/mol. The predicted molar refractivity (Wildman–Crippen MR) is 93.6 cm³/mol. The van der Waals surface area contributed by atoms with E-state index in [1.54, 1.807) is 0 Å². The first-order valence-corrected chi connectivity index (χ1v) is 8.64. The fourth-order valence-corrected chi connectivity index (χ4v) is 2.85. The molecule has 1 aliphatic rings. The average Bonchev–Trinajstić information content (AvgIpc) is 2.99. The van der Waals surface area contributed by atoms with Gasteiger partial charge in [-0.25, -0.2) is 4.79 Å². The van der Waals surface area contributed by atoms with Crippen molar-refractivity contribution in [1.82, 2.24) is 10.2 Å². The molecule has 128 valence electrons. The van der Waals surface area contributed by atoms with Crippen molar-refractivity contribution in [2.45, 2.75) is 58.6 Å². The van der Waals surface area contributed by atoms with Gasteiger partial charge in [0.1, 0.15) is 0 Å². The largest absolute Gasteiger partial charge is 0.376 e. The third kappa shape index (κ3) is 5.24. The van der Waals surface area contributed by atoms with Crippen LogP contribution in [0.15, 0.2) is 24.3 Å². The van der Waals surface area contributed by atoms with Gasteiger partial charge in [-0.2, -0.15) is 0 Å². The molecule has 0 spiro atoms. The number of ether oxygens (including phenoxy) is 1. The molecule has 0 aromatic heterocycles. The average molecular weight is 318 g/mol. The minimum atomic E-state index is -0.0112. The maximum atomic E-state index is 12.3. The molecule has 0 radical (unpaired) electrons. The summed E-state index contributed by atoms with van der Waals surface area (Å²) in [6, 6.07) is 8.57. The molecule has 1 fully saturated rings. The first kappa shape index (κ1) is 17.8. The van der Waals surface area contributed by atoms with E-state index in [0.29, 0.717) is 19.6 Å². The van der Waals surface area contributed by atoms with Crippen molar-refractivity contribution in [3.05, 3.63) is 35.4 Å². The highest BCUT2D eigenvalue weighted by Crippen LogP contribution is 2.23. The van der Waals surface area contributed by atoms with Gasteiger partial charge in [0.2, 0.25) is 0 Å². The molecule has 0 bridgehead atoms. The number of nitrogens with zero attached hydrogens (tertiary/aromatic N) is 1. The van der Waals surface area contributed by atoms with Crippen molar-refractivity contribution in [2.75, 3.05) is 19.7 Å². The smallest absolute Gasteiger partial charge is 0.317 e. The van der Waals surface area contributed by atoms with Gasteiger partial charge in [-0.15, -0.1) is 0 Å². The lowest BCUT2D eigenvalue weighted by atomic mass is 9.87. The summed E-state index contributed by atoms with van der Waals surface area (Å²) >= 11 is 0. The van der Waals surface area contributed by atoms with Crippen LogP contribution in [0.1, 0.15) is 51.7 Å². The summed E-state index contributed by atoms with van der Waals surface area (Å²) in [5.41, 5.74) is 2.61. The zero-order valence-corrected chi connectivity index (χ0v) is 14.9. The SMILES string of the molecule is CCNC(=O)N(Cc1ccc(C(C)(C)C)cc1)CC1CCCO1. The van der Waals surface area contributed by atoms with E-state index in [4.69, 9.17) is 4.74 Å². The quantitative estimate of drug-likeness (QED) is 0.899. The number of rotatable bonds is 5. The van der Waals surface area contributed by atoms with Gasteiger partial charge in [-0.1, -0.05) is 45.0 Å². The van der Waals surface area contributed by atoms with Gasteiger partial charge in [0.05, 0.1) is 6.10 Å². The molecule has 2 rings (SSSR count). The Kier molecular flexibility index (Phi) is 6.05. The highest BCUT2D eigenvalue weighted by atomic mass is 16.5. The molecule has 1 aliphatic heterocycles. The van der Waals surface area contributed by atoms with E-state index in [1.165, 1.54) is 5.56 Å². The summed E-state index contributed by atoms with van der Waals surface area (Å²) in [7, 11) is 0. The third-order valence-electron chi connectivity index (χ3n) is 4.26. The second-order valence-corrected chi connectivity index (χ2v) is 7.30. The normalized spacial score (nSPS) is 18.0. The van der Waals surface area contributed by atoms with Crippen LogP contribution in [0.2, 0.25) is 0 Å². The highest BCUT2D eigenvalue weighted by Gasteiger charge is 2.22. The highest BCUT2D eigenvalue weighted by molar-refractivity contribution is 5.74. The zero-order chi connectivity index (χ0) is 16.9. The minimum absolute atomic E-state index is 0.0112. The molecule has 1 aromatic carbocycles. The molecule has 1 unspecified atom stereocenters. The maximum absolute atomic E-state index is 12.3. The molecule has 4 nitrogen and oxygen atoms in total. The van der Waals surface area contributed by atoms with Crippen LogP contribution in [0.5, 0.6) is 0 Å². The van der Waals surface area contributed by atoms with E-state index in [2.05, 4.69) is 50.4 Å². The molecule has 1 atom stereocenters. The Morgan fingerprint density at radius 2 is 2.00 bits per heavy atom. The number of amides is 2. The van der Waals surface area contributed by atoms with Gasteiger partial charge in [-0.3, -0.25) is 0 Å². The second-order valence-electron chi connectivity index (χ2n) is 7.30. The van der Waals surface area contributed by atoms with Gasteiger partial charge >= 0.3 is 6.03 Å². The van der Waals surface area contributed by atoms with Crippen molar-refractivity contribution < 1.29 is 9.53 Å². The Labute approximate surface area is 140 Å². The lowest BCUT2D eigenvalue weighted by Crippen LogP contribution is -2.43. The molecule has 1 heterocycles. The number of nitrogens with one attached hydrogen (secondary N) is 1.